The van der Waals surface area contributed by atoms with Gasteiger partial charge >= 0.3 is 0 Å². The summed E-state index contributed by atoms with van der Waals surface area (Å²) in [6.45, 7) is 7.46. The van der Waals surface area contributed by atoms with Crippen molar-refractivity contribution in [3.63, 3.8) is 0 Å². The number of rotatable bonds is 7. The van der Waals surface area contributed by atoms with Gasteiger partial charge in [0.25, 0.3) is 0 Å². The average molecular weight is 423 g/mol. The summed E-state index contributed by atoms with van der Waals surface area (Å²) >= 11 is 1.34. The average Bonchev–Trinajstić information content (AvgIpc) is 3.15. The van der Waals surface area contributed by atoms with Crippen molar-refractivity contribution in [2.75, 3.05) is 24.3 Å². The van der Waals surface area contributed by atoms with E-state index in [1.807, 2.05) is 35.8 Å². The summed E-state index contributed by atoms with van der Waals surface area (Å²) in [6, 6.07) is 13.5. The number of anilines is 1. The minimum atomic E-state index is -0.137. The van der Waals surface area contributed by atoms with Gasteiger partial charge in [-0.05, 0) is 19.1 Å². The zero-order chi connectivity index (χ0) is 20.9. The zero-order valence-corrected chi connectivity index (χ0v) is 17.4. The second-order valence-corrected chi connectivity index (χ2v) is 7.71. The Hall–Kier alpha value is -3.26. The van der Waals surface area contributed by atoms with Gasteiger partial charge in [0.15, 0.2) is 22.5 Å². The number of hydrogen-bond donors (Lipinski definition) is 1. The van der Waals surface area contributed by atoms with E-state index in [0.717, 1.165) is 11.4 Å². The summed E-state index contributed by atoms with van der Waals surface area (Å²) in [5, 5.41) is 12.2. The maximum absolute atomic E-state index is 12.5. The van der Waals surface area contributed by atoms with Crippen LogP contribution in [0.25, 0.3) is 11.4 Å². The number of aromatic nitrogens is 3. The number of amides is 1. The van der Waals surface area contributed by atoms with E-state index in [1.54, 1.807) is 24.3 Å². The molecule has 0 unspecified atom stereocenters. The second-order valence-electron chi connectivity index (χ2n) is 6.77. The molecule has 0 spiro atoms. The number of benzene rings is 2. The van der Waals surface area contributed by atoms with Crippen LogP contribution in [-0.4, -0.2) is 39.6 Å². The quantitative estimate of drug-likeness (QED) is 0.459. The fourth-order valence-electron chi connectivity index (χ4n) is 3.05. The van der Waals surface area contributed by atoms with Crippen LogP contribution in [0.5, 0.6) is 11.5 Å². The Kier molecular flexibility index (Phi) is 6.04. The molecule has 4 rings (SSSR count). The van der Waals surface area contributed by atoms with Crippen LogP contribution in [0.3, 0.4) is 0 Å². The Labute approximate surface area is 179 Å². The van der Waals surface area contributed by atoms with Crippen molar-refractivity contribution in [3.8, 4) is 22.9 Å². The molecule has 1 amide bonds. The van der Waals surface area contributed by atoms with Gasteiger partial charge in [-0.3, -0.25) is 9.36 Å². The molecule has 0 atom stereocenters. The lowest BCUT2D eigenvalue weighted by atomic mass is 10.1. The number of nitrogens with zero attached hydrogens (tertiary/aromatic N) is 3. The molecule has 1 N–H and O–H groups in total. The van der Waals surface area contributed by atoms with Gasteiger partial charge in [0, 0.05) is 23.9 Å². The number of hydrogen-bond acceptors (Lipinski definition) is 6. The van der Waals surface area contributed by atoms with Crippen molar-refractivity contribution in [3.05, 3.63) is 60.7 Å². The van der Waals surface area contributed by atoms with E-state index in [0.29, 0.717) is 42.1 Å². The molecule has 30 heavy (non-hydrogen) atoms. The van der Waals surface area contributed by atoms with E-state index in [2.05, 4.69) is 22.1 Å². The predicted molar refractivity (Wildman–Crippen MR) is 117 cm³/mol. The Morgan fingerprint density at radius 2 is 1.93 bits per heavy atom. The highest BCUT2D eigenvalue weighted by Gasteiger charge is 2.16. The molecule has 0 saturated carbocycles. The van der Waals surface area contributed by atoms with Crippen molar-refractivity contribution >= 4 is 23.4 Å². The standard InChI is InChI=1S/C22H22N4O3S/c1-3-10-26-21(16-6-4-15(2)5-7-16)24-25-22(26)30-14-20(27)23-17-8-9-18-19(13-17)29-12-11-28-18/h3-9,13H,1,10-12,14H2,2H3,(H,23,27). The van der Waals surface area contributed by atoms with Crippen LogP contribution in [0.15, 0.2) is 60.3 Å². The smallest absolute Gasteiger partial charge is 0.234 e. The van der Waals surface area contributed by atoms with Crippen molar-refractivity contribution in [1.82, 2.24) is 14.8 Å². The summed E-state index contributed by atoms with van der Waals surface area (Å²) in [6.07, 6.45) is 1.79. The molecular weight excluding hydrogens is 400 g/mol. The zero-order valence-electron chi connectivity index (χ0n) is 16.6. The van der Waals surface area contributed by atoms with Crippen LogP contribution < -0.4 is 14.8 Å². The first-order valence-electron chi connectivity index (χ1n) is 9.57. The van der Waals surface area contributed by atoms with E-state index in [9.17, 15) is 4.79 Å². The van der Waals surface area contributed by atoms with Gasteiger partial charge in [-0.1, -0.05) is 47.7 Å². The van der Waals surface area contributed by atoms with Gasteiger partial charge in [0.05, 0.1) is 5.75 Å². The molecule has 1 aliphatic heterocycles. The van der Waals surface area contributed by atoms with Gasteiger partial charge in [-0.15, -0.1) is 16.8 Å². The number of ether oxygens (including phenoxy) is 2. The van der Waals surface area contributed by atoms with Gasteiger partial charge in [-0.2, -0.15) is 0 Å². The molecule has 2 heterocycles. The van der Waals surface area contributed by atoms with Crippen LogP contribution in [0.1, 0.15) is 5.56 Å². The third kappa shape index (κ3) is 4.49. The molecular formula is C22H22N4O3S. The van der Waals surface area contributed by atoms with E-state index < -0.39 is 0 Å². The van der Waals surface area contributed by atoms with Gasteiger partial charge in [0.1, 0.15) is 13.2 Å². The molecule has 0 aliphatic carbocycles. The number of allylic oxidation sites excluding steroid dienone is 1. The van der Waals surface area contributed by atoms with Crippen LogP contribution in [0.2, 0.25) is 0 Å². The van der Waals surface area contributed by atoms with E-state index in [-0.39, 0.29) is 11.7 Å². The van der Waals surface area contributed by atoms with E-state index >= 15 is 0 Å². The van der Waals surface area contributed by atoms with Crippen molar-refractivity contribution < 1.29 is 14.3 Å². The lowest BCUT2D eigenvalue weighted by Crippen LogP contribution is -2.17. The molecule has 8 heteroatoms. The molecule has 2 aromatic carbocycles. The summed E-state index contributed by atoms with van der Waals surface area (Å²) in [4.78, 5) is 12.5. The molecule has 0 fully saturated rings. The Morgan fingerprint density at radius 3 is 2.70 bits per heavy atom. The van der Waals surface area contributed by atoms with Gasteiger partial charge < -0.3 is 14.8 Å². The maximum Gasteiger partial charge on any atom is 0.234 e. The number of carbonyl (C=O) groups is 1. The van der Waals surface area contributed by atoms with E-state index in [4.69, 9.17) is 9.47 Å². The molecule has 7 nitrogen and oxygen atoms in total. The fourth-order valence-corrected chi connectivity index (χ4v) is 3.80. The summed E-state index contributed by atoms with van der Waals surface area (Å²) in [7, 11) is 0. The molecule has 154 valence electrons. The highest BCUT2D eigenvalue weighted by atomic mass is 32.2. The minimum absolute atomic E-state index is 0.137. The first-order chi connectivity index (χ1) is 14.6. The highest BCUT2D eigenvalue weighted by molar-refractivity contribution is 7.99. The third-order valence-corrected chi connectivity index (χ3v) is 5.46. The fraction of sp³-hybridized carbons (Fsp3) is 0.227. The van der Waals surface area contributed by atoms with Crippen LogP contribution >= 0.6 is 11.8 Å². The summed E-state index contributed by atoms with van der Waals surface area (Å²) < 4.78 is 13.0. The predicted octanol–water partition coefficient (Wildman–Crippen LogP) is 3.94. The molecule has 0 saturated heterocycles. The molecule has 3 aromatic rings. The monoisotopic (exact) mass is 422 g/mol. The maximum atomic E-state index is 12.5. The first-order valence-corrected chi connectivity index (χ1v) is 10.6. The third-order valence-electron chi connectivity index (χ3n) is 4.50. The minimum Gasteiger partial charge on any atom is -0.486 e. The van der Waals surface area contributed by atoms with Crippen LogP contribution in [0, 0.1) is 6.92 Å². The molecule has 0 bridgehead atoms. The Balaban J connectivity index is 1.43. The SMILES string of the molecule is C=CCn1c(SCC(=O)Nc2ccc3c(c2)OCCO3)nnc1-c1ccc(C)cc1. The van der Waals surface area contributed by atoms with Crippen LogP contribution in [0.4, 0.5) is 5.69 Å². The molecule has 0 radical (unpaired) electrons. The highest BCUT2D eigenvalue weighted by Crippen LogP contribution is 2.32. The molecule has 1 aliphatic rings. The normalized spacial score (nSPS) is 12.4. The van der Waals surface area contributed by atoms with Crippen molar-refractivity contribution in [2.24, 2.45) is 0 Å². The largest absolute Gasteiger partial charge is 0.486 e. The number of carbonyl (C=O) groups excluding carboxylic acids is 1. The Morgan fingerprint density at radius 1 is 1.17 bits per heavy atom. The number of fused-ring (bicyclic) bond motifs is 1. The van der Waals surface area contributed by atoms with E-state index in [1.165, 1.54) is 17.3 Å². The summed E-state index contributed by atoms with van der Waals surface area (Å²) in [5.41, 5.74) is 2.82. The lowest BCUT2D eigenvalue weighted by Gasteiger charge is -2.19. The second kappa shape index (κ2) is 9.04. The van der Waals surface area contributed by atoms with Crippen molar-refractivity contribution in [2.45, 2.75) is 18.6 Å². The first kappa shape index (κ1) is 20.0. The number of aryl methyl sites for hydroxylation is 1. The van der Waals surface area contributed by atoms with Crippen molar-refractivity contribution in [1.29, 1.82) is 0 Å². The van der Waals surface area contributed by atoms with Gasteiger partial charge in [-0.25, -0.2) is 0 Å². The Bertz CT molecular complexity index is 1060. The van der Waals surface area contributed by atoms with Gasteiger partial charge in [0.2, 0.25) is 5.91 Å². The topological polar surface area (TPSA) is 78.3 Å². The molecule has 1 aromatic heterocycles. The lowest BCUT2D eigenvalue weighted by molar-refractivity contribution is -0.113. The van der Waals surface area contributed by atoms with Crippen LogP contribution in [-0.2, 0) is 11.3 Å². The number of thioether (sulfide) groups is 1. The number of nitrogens with one attached hydrogen (secondary N) is 1. The summed E-state index contributed by atoms with van der Waals surface area (Å²) in [5.74, 6) is 2.15.